The third-order valence-corrected chi connectivity index (χ3v) is 3.98. The number of rotatable bonds is 4. The summed E-state index contributed by atoms with van der Waals surface area (Å²) in [6.07, 6.45) is 1.68. The van der Waals surface area contributed by atoms with Crippen molar-refractivity contribution in [2.75, 3.05) is 0 Å². The molecule has 2 aromatic carbocycles. The number of benzene rings is 2. The van der Waals surface area contributed by atoms with Gasteiger partial charge in [0.05, 0.1) is 6.54 Å². The van der Waals surface area contributed by atoms with E-state index in [0.717, 1.165) is 10.6 Å². The summed E-state index contributed by atoms with van der Waals surface area (Å²) in [5, 5.41) is 5.39. The molecule has 0 atom stereocenters. The number of carbonyl (C=O) groups is 1. The molecule has 0 fully saturated rings. The lowest BCUT2D eigenvalue weighted by molar-refractivity contribution is 0.0950. The molecule has 5 heteroatoms. The van der Waals surface area contributed by atoms with Crippen molar-refractivity contribution in [1.29, 1.82) is 0 Å². The van der Waals surface area contributed by atoms with Crippen molar-refractivity contribution in [3.05, 3.63) is 76.5 Å². The zero-order valence-corrected chi connectivity index (χ0v) is 12.4. The van der Waals surface area contributed by atoms with Gasteiger partial charge in [-0.3, -0.25) is 4.79 Å². The molecular weight excluding hydrogens is 299 g/mol. The number of aromatic nitrogens is 1. The van der Waals surface area contributed by atoms with Gasteiger partial charge in [0.25, 0.3) is 5.91 Å². The third-order valence-electron chi connectivity index (χ3n) is 3.20. The van der Waals surface area contributed by atoms with Gasteiger partial charge in [-0.05, 0) is 17.7 Å². The summed E-state index contributed by atoms with van der Waals surface area (Å²) in [5.41, 5.74) is 1.57. The SMILES string of the molecule is O=C(NCc1nccs1)c1ccc(-c2ccccc2)c(F)c1. The van der Waals surface area contributed by atoms with Crippen LogP contribution in [0.25, 0.3) is 11.1 Å². The Morgan fingerprint density at radius 3 is 2.68 bits per heavy atom. The van der Waals surface area contributed by atoms with Gasteiger partial charge >= 0.3 is 0 Å². The number of halogens is 1. The summed E-state index contributed by atoms with van der Waals surface area (Å²) in [5.74, 6) is -0.721. The van der Waals surface area contributed by atoms with Crippen LogP contribution in [0.2, 0.25) is 0 Å². The summed E-state index contributed by atoms with van der Waals surface area (Å²) < 4.78 is 14.2. The zero-order valence-electron chi connectivity index (χ0n) is 11.6. The molecule has 3 nitrogen and oxygen atoms in total. The van der Waals surface area contributed by atoms with Crippen LogP contribution in [0.5, 0.6) is 0 Å². The maximum absolute atomic E-state index is 14.2. The first-order valence-electron chi connectivity index (χ1n) is 6.75. The summed E-state index contributed by atoms with van der Waals surface area (Å²) in [6.45, 7) is 0.346. The molecule has 0 radical (unpaired) electrons. The van der Waals surface area contributed by atoms with Crippen LogP contribution in [-0.2, 0) is 6.54 Å². The van der Waals surface area contributed by atoms with E-state index in [4.69, 9.17) is 0 Å². The Labute approximate surface area is 131 Å². The van der Waals surface area contributed by atoms with Crippen LogP contribution >= 0.6 is 11.3 Å². The smallest absolute Gasteiger partial charge is 0.251 e. The monoisotopic (exact) mass is 312 g/mol. The average Bonchev–Trinajstić information content (AvgIpc) is 3.07. The predicted molar refractivity (Wildman–Crippen MR) is 85.1 cm³/mol. The predicted octanol–water partition coefficient (Wildman–Crippen LogP) is 3.88. The first-order valence-corrected chi connectivity index (χ1v) is 7.63. The molecule has 0 aliphatic rings. The Morgan fingerprint density at radius 2 is 2.00 bits per heavy atom. The van der Waals surface area contributed by atoms with Crippen molar-refractivity contribution < 1.29 is 9.18 Å². The highest BCUT2D eigenvalue weighted by Crippen LogP contribution is 2.23. The van der Waals surface area contributed by atoms with Crippen molar-refractivity contribution in [2.45, 2.75) is 6.54 Å². The first kappa shape index (κ1) is 14.4. The summed E-state index contributed by atoms with van der Waals surface area (Å²) in [4.78, 5) is 16.1. The molecule has 0 bridgehead atoms. The van der Waals surface area contributed by atoms with Gasteiger partial charge in [-0.1, -0.05) is 36.4 Å². The minimum Gasteiger partial charge on any atom is -0.346 e. The van der Waals surface area contributed by atoms with E-state index in [1.165, 1.54) is 17.4 Å². The zero-order chi connectivity index (χ0) is 15.4. The molecule has 0 unspecified atom stereocenters. The highest BCUT2D eigenvalue weighted by molar-refractivity contribution is 7.09. The van der Waals surface area contributed by atoms with Gasteiger partial charge in [0.1, 0.15) is 10.8 Å². The molecule has 0 saturated heterocycles. The van der Waals surface area contributed by atoms with Crippen molar-refractivity contribution >= 4 is 17.2 Å². The van der Waals surface area contributed by atoms with E-state index in [1.807, 2.05) is 35.7 Å². The van der Waals surface area contributed by atoms with Gasteiger partial charge in [0, 0.05) is 22.7 Å². The molecule has 110 valence electrons. The standard InChI is InChI=1S/C17H13FN2OS/c18-15-10-13(17(21)20-11-16-19-8-9-22-16)6-7-14(15)12-4-2-1-3-5-12/h1-10H,11H2,(H,20,21). The number of hydrogen-bond acceptors (Lipinski definition) is 3. The Balaban J connectivity index is 1.75. The van der Waals surface area contributed by atoms with Crippen LogP contribution < -0.4 is 5.32 Å². The van der Waals surface area contributed by atoms with Gasteiger partial charge in [0.2, 0.25) is 0 Å². The number of amides is 1. The molecule has 3 aromatic rings. The number of carbonyl (C=O) groups excluding carboxylic acids is 1. The number of nitrogens with zero attached hydrogens (tertiary/aromatic N) is 1. The van der Waals surface area contributed by atoms with Crippen LogP contribution in [0, 0.1) is 5.82 Å². The van der Waals surface area contributed by atoms with Gasteiger partial charge < -0.3 is 5.32 Å². The topological polar surface area (TPSA) is 42.0 Å². The van der Waals surface area contributed by atoms with E-state index in [0.29, 0.717) is 17.7 Å². The Bertz CT molecular complexity index is 773. The second-order valence-electron chi connectivity index (χ2n) is 4.67. The van der Waals surface area contributed by atoms with Crippen LogP contribution in [0.4, 0.5) is 4.39 Å². The molecule has 0 aliphatic heterocycles. The molecule has 1 amide bonds. The first-order chi connectivity index (χ1) is 10.7. The van der Waals surface area contributed by atoms with E-state index in [9.17, 15) is 9.18 Å². The molecule has 1 N–H and O–H groups in total. The molecule has 0 spiro atoms. The van der Waals surface area contributed by atoms with Crippen LogP contribution in [0.3, 0.4) is 0 Å². The quantitative estimate of drug-likeness (QED) is 0.794. The summed E-state index contributed by atoms with van der Waals surface area (Å²) >= 11 is 1.46. The molecule has 1 aromatic heterocycles. The highest BCUT2D eigenvalue weighted by atomic mass is 32.1. The fraction of sp³-hybridized carbons (Fsp3) is 0.0588. The lowest BCUT2D eigenvalue weighted by Gasteiger charge is -2.07. The van der Waals surface area contributed by atoms with Gasteiger partial charge in [-0.25, -0.2) is 9.37 Å². The van der Waals surface area contributed by atoms with E-state index in [1.54, 1.807) is 18.3 Å². The van der Waals surface area contributed by atoms with E-state index in [-0.39, 0.29) is 5.91 Å². The minimum absolute atomic E-state index is 0.300. The number of hydrogen-bond donors (Lipinski definition) is 1. The fourth-order valence-corrected chi connectivity index (χ4v) is 2.66. The van der Waals surface area contributed by atoms with Crippen molar-refractivity contribution in [1.82, 2.24) is 10.3 Å². The molecule has 0 aliphatic carbocycles. The molecule has 22 heavy (non-hydrogen) atoms. The summed E-state index contributed by atoms with van der Waals surface area (Å²) in [7, 11) is 0. The molecule has 1 heterocycles. The number of nitrogens with one attached hydrogen (secondary N) is 1. The summed E-state index contributed by atoms with van der Waals surface area (Å²) in [6, 6.07) is 13.8. The Morgan fingerprint density at radius 1 is 1.18 bits per heavy atom. The second kappa shape index (κ2) is 6.49. The van der Waals surface area contributed by atoms with Gasteiger partial charge in [-0.15, -0.1) is 11.3 Å². The van der Waals surface area contributed by atoms with Crippen molar-refractivity contribution in [3.8, 4) is 11.1 Å². The molecular formula is C17H13FN2OS. The third kappa shape index (κ3) is 3.20. The Hall–Kier alpha value is -2.53. The van der Waals surface area contributed by atoms with E-state index < -0.39 is 5.82 Å². The van der Waals surface area contributed by atoms with Crippen LogP contribution in [0.15, 0.2) is 60.1 Å². The van der Waals surface area contributed by atoms with Gasteiger partial charge in [-0.2, -0.15) is 0 Å². The minimum atomic E-state index is -0.409. The van der Waals surface area contributed by atoms with Crippen LogP contribution in [-0.4, -0.2) is 10.9 Å². The normalized spacial score (nSPS) is 10.4. The van der Waals surface area contributed by atoms with E-state index >= 15 is 0 Å². The Kier molecular flexibility index (Phi) is 4.25. The van der Waals surface area contributed by atoms with Gasteiger partial charge in [0.15, 0.2) is 0 Å². The average molecular weight is 312 g/mol. The van der Waals surface area contributed by atoms with Crippen molar-refractivity contribution in [3.63, 3.8) is 0 Å². The largest absolute Gasteiger partial charge is 0.346 e. The van der Waals surface area contributed by atoms with Crippen molar-refractivity contribution in [2.24, 2.45) is 0 Å². The van der Waals surface area contributed by atoms with E-state index in [2.05, 4.69) is 10.3 Å². The lowest BCUT2D eigenvalue weighted by atomic mass is 10.0. The maximum atomic E-state index is 14.2. The maximum Gasteiger partial charge on any atom is 0.251 e. The number of thiazole rings is 1. The molecule has 0 saturated carbocycles. The van der Waals surface area contributed by atoms with Crippen LogP contribution in [0.1, 0.15) is 15.4 Å². The second-order valence-corrected chi connectivity index (χ2v) is 5.65. The molecule has 3 rings (SSSR count). The lowest BCUT2D eigenvalue weighted by Crippen LogP contribution is -2.22. The fourth-order valence-electron chi connectivity index (χ4n) is 2.11. The highest BCUT2D eigenvalue weighted by Gasteiger charge is 2.11.